The highest BCUT2D eigenvalue weighted by Gasteiger charge is 2.32. The molecular weight excluding hydrogens is 327 g/mol. The van der Waals surface area contributed by atoms with Crippen LogP contribution in [0.2, 0.25) is 0 Å². The summed E-state index contributed by atoms with van der Waals surface area (Å²) >= 11 is 0. The van der Waals surface area contributed by atoms with Crippen LogP contribution in [-0.4, -0.2) is 23.4 Å². The molecule has 2 unspecified atom stereocenters. The normalized spacial score (nSPS) is 16.3. The summed E-state index contributed by atoms with van der Waals surface area (Å²) in [6.07, 6.45) is 2.50. The van der Waals surface area contributed by atoms with Crippen molar-refractivity contribution in [1.29, 1.82) is 0 Å². The van der Waals surface area contributed by atoms with E-state index in [4.69, 9.17) is 0 Å². The van der Waals surface area contributed by atoms with Crippen molar-refractivity contribution >= 4 is 5.91 Å². The summed E-state index contributed by atoms with van der Waals surface area (Å²) in [5, 5.41) is 3.04. The Kier molecular flexibility index (Phi) is 6.04. The van der Waals surface area contributed by atoms with Crippen molar-refractivity contribution in [2.45, 2.75) is 45.3 Å². The molecule has 1 saturated carbocycles. The second-order valence-electron chi connectivity index (χ2n) is 7.31. The lowest BCUT2D eigenvalue weighted by atomic mass is 10.1. The number of amides is 1. The molecule has 26 heavy (non-hydrogen) atoms. The van der Waals surface area contributed by atoms with Crippen LogP contribution < -0.4 is 5.32 Å². The van der Waals surface area contributed by atoms with Crippen LogP contribution in [0.15, 0.2) is 54.6 Å². The van der Waals surface area contributed by atoms with Crippen LogP contribution in [0.1, 0.15) is 43.9 Å². The van der Waals surface area contributed by atoms with E-state index in [0.717, 1.165) is 12.1 Å². The van der Waals surface area contributed by atoms with E-state index in [2.05, 4.69) is 29.3 Å². The topological polar surface area (TPSA) is 32.3 Å². The molecule has 1 amide bonds. The van der Waals surface area contributed by atoms with E-state index in [1.54, 1.807) is 12.1 Å². The smallest absolute Gasteiger partial charge is 0.234 e. The number of carbonyl (C=O) groups is 1. The van der Waals surface area contributed by atoms with E-state index in [9.17, 15) is 9.18 Å². The summed E-state index contributed by atoms with van der Waals surface area (Å²) in [6, 6.07) is 16.8. The Balaban J connectivity index is 1.61. The number of hydrogen-bond donors (Lipinski definition) is 1. The summed E-state index contributed by atoms with van der Waals surface area (Å²) in [5.74, 6) is 0.436. The summed E-state index contributed by atoms with van der Waals surface area (Å²) in [7, 11) is 0. The van der Waals surface area contributed by atoms with Gasteiger partial charge >= 0.3 is 0 Å². The van der Waals surface area contributed by atoms with Gasteiger partial charge in [-0.1, -0.05) is 42.5 Å². The van der Waals surface area contributed by atoms with E-state index in [1.165, 1.54) is 30.5 Å². The molecule has 1 N–H and O–H groups in total. The van der Waals surface area contributed by atoms with Gasteiger partial charge in [0.2, 0.25) is 5.91 Å². The zero-order chi connectivity index (χ0) is 18.5. The molecule has 0 bridgehead atoms. The van der Waals surface area contributed by atoms with Gasteiger partial charge in [-0.25, -0.2) is 4.39 Å². The standard InChI is InChI=1S/C22H27FN2O/c1-16(19-10-12-21(23)13-11-19)24-22(26)15-25(17(2)20-8-9-20)14-18-6-4-3-5-7-18/h3-7,10-13,16-17,20H,8-9,14-15H2,1-2H3,(H,24,26). The summed E-state index contributed by atoms with van der Waals surface area (Å²) in [4.78, 5) is 14.9. The Morgan fingerprint density at radius 2 is 1.77 bits per heavy atom. The SMILES string of the molecule is CC(NC(=O)CN(Cc1ccccc1)C(C)C1CC1)c1ccc(F)cc1. The van der Waals surface area contributed by atoms with Gasteiger partial charge in [0.1, 0.15) is 5.82 Å². The number of rotatable bonds is 8. The molecular formula is C22H27FN2O. The molecule has 0 aliphatic heterocycles. The van der Waals surface area contributed by atoms with Crippen molar-refractivity contribution in [3.05, 3.63) is 71.5 Å². The third-order valence-electron chi connectivity index (χ3n) is 5.20. The van der Waals surface area contributed by atoms with Crippen molar-refractivity contribution in [3.8, 4) is 0 Å². The summed E-state index contributed by atoms with van der Waals surface area (Å²) in [5.41, 5.74) is 2.13. The number of halogens is 1. The fourth-order valence-corrected chi connectivity index (χ4v) is 3.34. The average Bonchev–Trinajstić information content (AvgIpc) is 3.47. The maximum absolute atomic E-state index is 13.1. The highest BCUT2D eigenvalue weighted by molar-refractivity contribution is 5.78. The second-order valence-corrected chi connectivity index (χ2v) is 7.31. The molecule has 2 atom stereocenters. The van der Waals surface area contributed by atoms with Gasteiger partial charge in [-0.05, 0) is 55.9 Å². The molecule has 4 heteroatoms. The maximum atomic E-state index is 13.1. The molecule has 2 aromatic rings. The van der Waals surface area contributed by atoms with Gasteiger partial charge in [0.25, 0.3) is 0 Å². The first-order valence-electron chi connectivity index (χ1n) is 9.35. The van der Waals surface area contributed by atoms with Crippen LogP contribution in [0.4, 0.5) is 4.39 Å². The quantitative estimate of drug-likeness (QED) is 0.766. The van der Waals surface area contributed by atoms with E-state index < -0.39 is 0 Å². The van der Waals surface area contributed by atoms with Crippen LogP contribution in [-0.2, 0) is 11.3 Å². The van der Waals surface area contributed by atoms with Crippen LogP contribution in [0.3, 0.4) is 0 Å². The first kappa shape index (κ1) is 18.6. The van der Waals surface area contributed by atoms with Crippen molar-refractivity contribution < 1.29 is 9.18 Å². The minimum Gasteiger partial charge on any atom is -0.348 e. The highest BCUT2D eigenvalue weighted by atomic mass is 19.1. The number of benzene rings is 2. The van der Waals surface area contributed by atoms with E-state index in [0.29, 0.717) is 18.5 Å². The molecule has 0 saturated heterocycles. The Morgan fingerprint density at radius 3 is 2.38 bits per heavy atom. The first-order chi connectivity index (χ1) is 12.5. The molecule has 138 valence electrons. The molecule has 0 spiro atoms. The number of carbonyl (C=O) groups excluding carboxylic acids is 1. The Bertz CT molecular complexity index is 713. The lowest BCUT2D eigenvalue weighted by Gasteiger charge is -2.29. The summed E-state index contributed by atoms with van der Waals surface area (Å²) < 4.78 is 13.1. The molecule has 1 aliphatic rings. The van der Waals surface area contributed by atoms with Gasteiger partial charge in [0.05, 0.1) is 12.6 Å². The summed E-state index contributed by atoms with van der Waals surface area (Å²) in [6.45, 7) is 5.29. The van der Waals surface area contributed by atoms with Gasteiger partial charge in [-0.2, -0.15) is 0 Å². The monoisotopic (exact) mass is 354 g/mol. The highest BCUT2D eigenvalue weighted by Crippen LogP contribution is 2.35. The predicted molar refractivity (Wildman–Crippen MR) is 102 cm³/mol. The number of nitrogens with one attached hydrogen (secondary N) is 1. The third kappa shape index (κ3) is 5.15. The number of hydrogen-bond acceptors (Lipinski definition) is 2. The minimum absolute atomic E-state index is 0.00487. The first-order valence-corrected chi connectivity index (χ1v) is 9.35. The maximum Gasteiger partial charge on any atom is 0.234 e. The molecule has 0 aromatic heterocycles. The Hall–Kier alpha value is -2.20. The largest absolute Gasteiger partial charge is 0.348 e. The molecule has 1 aliphatic carbocycles. The lowest BCUT2D eigenvalue weighted by molar-refractivity contribution is -0.123. The predicted octanol–water partition coefficient (Wildman–Crippen LogP) is 4.30. The second kappa shape index (κ2) is 8.45. The fourth-order valence-electron chi connectivity index (χ4n) is 3.34. The molecule has 1 fully saturated rings. The van der Waals surface area contributed by atoms with Crippen LogP contribution in [0.5, 0.6) is 0 Å². The lowest BCUT2D eigenvalue weighted by Crippen LogP contribution is -2.42. The van der Waals surface area contributed by atoms with Gasteiger partial charge in [-0.15, -0.1) is 0 Å². The van der Waals surface area contributed by atoms with Gasteiger partial charge in [0, 0.05) is 12.6 Å². The van der Waals surface area contributed by atoms with Crippen LogP contribution >= 0.6 is 0 Å². The van der Waals surface area contributed by atoms with Crippen molar-refractivity contribution in [3.63, 3.8) is 0 Å². The Labute approximate surface area is 155 Å². The minimum atomic E-state index is -0.264. The zero-order valence-electron chi connectivity index (χ0n) is 15.5. The van der Waals surface area contributed by atoms with Crippen molar-refractivity contribution in [1.82, 2.24) is 10.2 Å². The average molecular weight is 354 g/mol. The van der Waals surface area contributed by atoms with Crippen molar-refractivity contribution in [2.75, 3.05) is 6.54 Å². The van der Waals surface area contributed by atoms with Gasteiger partial charge < -0.3 is 5.32 Å². The van der Waals surface area contributed by atoms with Crippen molar-refractivity contribution in [2.24, 2.45) is 5.92 Å². The third-order valence-corrected chi connectivity index (χ3v) is 5.20. The molecule has 0 radical (unpaired) electrons. The van der Waals surface area contributed by atoms with Gasteiger partial charge in [0.15, 0.2) is 0 Å². The Morgan fingerprint density at radius 1 is 1.12 bits per heavy atom. The van der Waals surface area contributed by atoms with Crippen LogP contribution in [0.25, 0.3) is 0 Å². The van der Waals surface area contributed by atoms with E-state index >= 15 is 0 Å². The zero-order valence-corrected chi connectivity index (χ0v) is 15.5. The molecule has 2 aromatic carbocycles. The van der Waals surface area contributed by atoms with E-state index in [-0.39, 0.29) is 17.8 Å². The molecule has 0 heterocycles. The van der Waals surface area contributed by atoms with E-state index in [1.807, 2.05) is 25.1 Å². The molecule has 3 rings (SSSR count). The fraction of sp³-hybridized carbons (Fsp3) is 0.409. The molecule has 3 nitrogen and oxygen atoms in total. The van der Waals surface area contributed by atoms with Gasteiger partial charge in [-0.3, -0.25) is 9.69 Å². The van der Waals surface area contributed by atoms with Crippen LogP contribution in [0, 0.1) is 11.7 Å². The number of nitrogens with zero attached hydrogens (tertiary/aromatic N) is 1.